The minimum atomic E-state index is -0.0445. The Kier molecular flexibility index (Phi) is 4.10. The van der Waals surface area contributed by atoms with Gasteiger partial charge in [-0.05, 0) is 18.2 Å². The molecule has 7 heteroatoms. The van der Waals surface area contributed by atoms with Gasteiger partial charge in [-0.2, -0.15) is 5.10 Å². The molecule has 3 aromatic rings. The van der Waals surface area contributed by atoms with Crippen molar-refractivity contribution >= 4 is 5.65 Å². The molecule has 1 aliphatic heterocycles. The van der Waals surface area contributed by atoms with Crippen molar-refractivity contribution < 1.29 is 4.74 Å². The third kappa shape index (κ3) is 3.22. The van der Waals surface area contributed by atoms with Gasteiger partial charge in [0.15, 0.2) is 0 Å². The number of hydrogen-bond acceptors (Lipinski definition) is 5. The average Bonchev–Trinajstić information content (AvgIpc) is 3.08. The molecule has 0 radical (unpaired) electrons. The molecule has 0 amide bonds. The molecule has 24 heavy (non-hydrogen) atoms. The minimum absolute atomic E-state index is 0.0445. The molecular weight excluding hydrogens is 306 g/mol. The second-order valence-corrected chi connectivity index (χ2v) is 5.97. The number of nitrogens with zero attached hydrogens (tertiary/aromatic N) is 5. The summed E-state index contributed by atoms with van der Waals surface area (Å²) >= 11 is 0. The summed E-state index contributed by atoms with van der Waals surface area (Å²) in [7, 11) is 0. The van der Waals surface area contributed by atoms with E-state index < -0.39 is 0 Å². The molecule has 0 spiro atoms. The Bertz CT molecular complexity index is 874. The number of ether oxygens (including phenoxy) is 1. The molecule has 1 saturated heterocycles. The van der Waals surface area contributed by atoms with E-state index in [9.17, 15) is 4.79 Å². The van der Waals surface area contributed by atoms with Crippen molar-refractivity contribution in [2.75, 3.05) is 19.7 Å². The molecule has 0 bridgehead atoms. The third-order valence-corrected chi connectivity index (χ3v) is 4.18. The van der Waals surface area contributed by atoms with Crippen LogP contribution in [-0.4, -0.2) is 49.9 Å². The first-order valence-electron chi connectivity index (χ1n) is 8.07. The van der Waals surface area contributed by atoms with E-state index in [0.29, 0.717) is 18.8 Å². The molecule has 0 unspecified atom stereocenters. The van der Waals surface area contributed by atoms with Gasteiger partial charge >= 0.3 is 0 Å². The highest BCUT2D eigenvalue weighted by Crippen LogP contribution is 2.10. The summed E-state index contributed by atoms with van der Waals surface area (Å²) in [5.41, 5.74) is 1.43. The van der Waals surface area contributed by atoms with Gasteiger partial charge in [0.25, 0.3) is 5.56 Å². The molecule has 7 nitrogen and oxygen atoms in total. The number of hydrogen-bond donors (Lipinski definition) is 0. The normalized spacial score (nSPS) is 18.9. The predicted molar refractivity (Wildman–Crippen MR) is 88.7 cm³/mol. The highest BCUT2D eigenvalue weighted by molar-refractivity contribution is 5.37. The Hall–Kier alpha value is -2.51. The van der Waals surface area contributed by atoms with E-state index in [1.54, 1.807) is 22.9 Å². The summed E-state index contributed by atoms with van der Waals surface area (Å²) in [5.74, 6) is 0. The van der Waals surface area contributed by atoms with Crippen LogP contribution in [0.2, 0.25) is 0 Å². The minimum Gasteiger partial charge on any atom is -0.374 e. The largest absolute Gasteiger partial charge is 0.374 e. The third-order valence-electron chi connectivity index (χ3n) is 4.18. The van der Waals surface area contributed by atoms with Crippen molar-refractivity contribution in [3.05, 3.63) is 65.0 Å². The monoisotopic (exact) mass is 325 g/mol. The van der Waals surface area contributed by atoms with Gasteiger partial charge in [0.1, 0.15) is 5.65 Å². The molecular formula is C17H19N5O2. The fraction of sp³-hybridized carbons (Fsp3) is 0.353. The number of pyridine rings is 1. The van der Waals surface area contributed by atoms with Gasteiger partial charge in [0.2, 0.25) is 0 Å². The molecule has 3 aromatic heterocycles. The van der Waals surface area contributed by atoms with Crippen LogP contribution in [0.1, 0.15) is 5.69 Å². The SMILES string of the molecule is O=c1cc(CN2CCO[C@H](Cn3cccn3)C2)nc2ccccn12. The Morgan fingerprint density at radius 1 is 1.25 bits per heavy atom. The molecule has 0 aliphatic carbocycles. The molecule has 4 rings (SSSR count). The second-order valence-electron chi connectivity index (χ2n) is 5.97. The van der Waals surface area contributed by atoms with Crippen LogP contribution in [0.5, 0.6) is 0 Å². The number of morpholine rings is 1. The summed E-state index contributed by atoms with van der Waals surface area (Å²) in [6.45, 7) is 3.70. The molecule has 4 heterocycles. The van der Waals surface area contributed by atoms with E-state index in [2.05, 4.69) is 15.0 Å². The van der Waals surface area contributed by atoms with Gasteiger partial charge in [0, 0.05) is 44.3 Å². The zero-order valence-electron chi connectivity index (χ0n) is 13.3. The average molecular weight is 325 g/mol. The Morgan fingerprint density at radius 2 is 2.21 bits per heavy atom. The molecule has 0 N–H and O–H groups in total. The fourth-order valence-electron chi connectivity index (χ4n) is 3.06. The smallest absolute Gasteiger partial charge is 0.258 e. The van der Waals surface area contributed by atoms with Gasteiger partial charge in [-0.15, -0.1) is 0 Å². The lowest BCUT2D eigenvalue weighted by atomic mass is 10.2. The van der Waals surface area contributed by atoms with Crippen molar-refractivity contribution in [1.29, 1.82) is 0 Å². The Balaban J connectivity index is 1.47. The molecule has 0 saturated carbocycles. The van der Waals surface area contributed by atoms with Crippen LogP contribution in [0.4, 0.5) is 0 Å². The number of fused-ring (bicyclic) bond motifs is 1. The molecule has 124 valence electrons. The maximum atomic E-state index is 12.2. The van der Waals surface area contributed by atoms with E-state index in [4.69, 9.17) is 4.74 Å². The van der Waals surface area contributed by atoms with Gasteiger partial charge in [-0.3, -0.25) is 18.8 Å². The van der Waals surface area contributed by atoms with Crippen LogP contribution in [-0.2, 0) is 17.8 Å². The van der Waals surface area contributed by atoms with Crippen LogP contribution in [0.25, 0.3) is 5.65 Å². The molecule has 1 atom stereocenters. The van der Waals surface area contributed by atoms with E-state index in [-0.39, 0.29) is 11.7 Å². The van der Waals surface area contributed by atoms with Crippen molar-refractivity contribution in [2.24, 2.45) is 0 Å². The first-order valence-corrected chi connectivity index (χ1v) is 8.07. The highest BCUT2D eigenvalue weighted by Gasteiger charge is 2.21. The maximum absolute atomic E-state index is 12.2. The standard InChI is InChI=1S/C17H19N5O2/c23-17-10-14(19-16-4-1-2-7-22(16)17)11-20-8-9-24-15(12-20)13-21-6-3-5-18-21/h1-7,10,15H,8-9,11-13H2/t15-/m0/s1. The van der Waals surface area contributed by atoms with Crippen LogP contribution in [0.3, 0.4) is 0 Å². The van der Waals surface area contributed by atoms with Crippen molar-refractivity contribution in [2.45, 2.75) is 19.2 Å². The highest BCUT2D eigenvalue weighted by atomic mass is 16.5. The van der Waals surface area contributed by atoms with Crippen LogP contribution < -0.4 is 5.56 Å². The Morgan fingerprint density at radius 3 is 3.08 bits per heavy atom. The zero-order chi connectivity index (χ0) is 16.4. The summed E-state index contributed by atoms with van der Waals surface area (Å²) in [5, 5.41) is 4.23. The van der Waals surface area contributed by atoms with Gasteiger partial charge in [-0.25, -0.2) is 4.98 Å². The second kappa shape index (κ2) is 6.54. The van der Waals surface area contributed by atoms with E-state index in [1.807, 2.05) is 35.1 Å². The molecule has 1 aliphatic rings. The lowest BCUT2D eigenvalue weighted by Crippen LogP contribution is -2.44. The van der Waals surface area contributed by atoms with Crippen LogP contribution in [0.15, 0.2) is 53.7 Å². The summed E-state index contributed by atoms with van der Waals surface area (Å²) in [6.07, 6.45) is 5.55. The van der Waals surface area contributed by atoms with E-state index in [1.165, 1.54) is 0 Å². The van der Waals surface area contributed by atoms with Crippen LogP contribution in [0, 0.1) is 0 Å². The van der Waals surface area contributed by atoms with Crippen LogP contribution >= 0.6 is 0 Å². The summed E-state index contributed by atoms with van der Waals surface area (Å²) < 4.78 is 9.27. The van der Waals surface area contributed by atoms with E-state index in [0.717, 1.165) is 25.3 Å². The van der Waals surface area contributed by atoms with Gasteiger partial charge in [0.05, 0.1) is 24.9 Å². The number of aromatic nitrogens is 4. The van der Waals surface area contributed by atoms with Crippen molar-refractivity contribution in [3.8, 4) is 0 Å². The maximum Gasteiger partial charge on any atom is 0.258 e. The molecule has 1 fully saturated rings. The van der Waals surface area contributed by atoms with Gasteiger partial charge < -0.3 is 4.74 Å². The summed E-state index contributed by atoms with van der Waals surface area (Å²) in [4.78, 5) is 19.1. The van der Waals surface area contributed by atoms with Crippen molar-refractivity contribution in [1.82, 2.24) is 24.1 Å². The van der Waals surface area contributed by atoms with Gasteiger partial charge in [-0.1, -0.05) is 6.07 Å². The topological polar surface area (TPSA) is 64.7 Å². The fourth-order valence-corrected chi connectivity index (χ4v) is 3.06. The Labute approximate surface area is 139 Å². The first kappa shape index (κ1) is 15.0. The zero-order valence-corrected chi connectivity index (χ0v) is 13.3. The lowest BCUT2D eigenvalue weighted by Gasteiger charge is -2.32. The predicted octanol–water partition coefficient (Wildman–Crippen LogP) is 0.792. The van der Waals surface area contributed by atoms with Crippen molar-refractivity contribution in [3.63, 3.8) is 0 Å². The van der Waals surface area contributed by atoms with E-state index >= 15 is 0 Å². The number of rotatable bonds is 4. The first-order chi connectivity index (χ1) is 11.8. The molecule has 0 aromatic carbocycles. The lowest BCUT2D eigenvalue weighted by molar-refractivity contribution is -0.0405. The summed E-state index contributed by atoms with van der Waals surface area (Å²) in [6, 6.07) is 9.10. The quantitative estimate of drug-likeness (QED) is 0.710.